The molecule has 1 N–H and O–H groups in total. The molecule has 1 aromatic heterocycles. The van der Waals surface area contributed by atoms with Gasteiger partial charge in [0.1, 0.15) is 0 Å². The molecule has 8 heteroatoms. The van der Waals surface area contributed by atoms with Gasteiger partial charge in [-0.2, -0.15) is 5.10 Å². The maximum Gasteiger partial charge on any atom is 0.215 e. The topological polar surface area (TPSA) is 92.5 Å². The molecule has 1 aliphatic carbocycles. The van der Waals surface area contributed by atoms with E-state index >= 15 is 0 Å². The quantitative estimate of drug-likeness (QED) is 0.682. The second-order valence-electron chi connectivity index (χ2n) is 7.30. The minimum absolute atomic E-state index is 0.00743. The SMILES string of the molecule is CS(=O)(=O)c1ccc(-c2cc(N(C=O)CCCO)nn2C2CCCCC2)cc1. The first-order chi connectivity index (χ1) is 13.4. The maximum atomic E-state index is 11.7. The molecule has 1 aromatic carbocycles. The number of aliphatic hydroxyl groups excluding tert-OH is 1. The van der Waals surface area contributed by atoms with Gasteiger partial charge in [-0.1, -0.05) is 31.4 Å². The number of anilines is 1. The van der Waals surface area contributed by atoms with Crippen LogP contribution < -0.4 is 4.90 Å². The number of amides is 1. The zero-order valence-electron chi connectivity index (χ0n) is 16.1. The van der Waals surface area contributed by atoms with Gasteiger partial charge in [0, 0.05) is 25.5 Å². The van der Waals surface area contributed by atoms with Crippen LogP contribution in [0.3, 0.4) is 0 Å². The lowest BCUT2D eigenvalue weighted by molar-refractivity contribution is -0.107. The van der Waals surface area contributed by atoms with Gasteiger partial charge in [0.05, 0.1) is 16.6 Å². The van der Waals surface area contributed by atoms with Crippen LogP contribution >= 0.6 is 0 Å². The summed E-state index contributed by atoms with van der Waals surface area (Å²) in [6.07, 6.45) is 7.99. The molecule has 0 aliphatic heterocycles. The summed E-state index contributed by atoms with van der Waals surface area (Å²) in [5, 5.41) is 13.8. The molecule has 0 radical (unpaired) electrons. The molecule has 0 saturated heterocycles. The smallest absolute Gasteiger partial charge is 0.215 e. The number of hydrogen-bond donors (Lipinski definition) is 1. The zero-order chi connectivity index (χ0) is 20.1. The number of sulfone groups is 1. The number of hydrogen-bond acceptors (Lipinski definition) is 5. The highest BCUT2D eigenvalue weighted by Gasteiger charge is 2.22. The third-order valence-corrected chi connectivity index (χ3v) is 6.33. The molecule has 1 saturated carbocycles. The Morgan fingerprint density at radius 2 is 1.89 bits per heavy atom. The Balaban J connectivity index is 2.00. The molecule has 2 aromatic rings. The average molecular weight is 406 g/mol. The Kier molecular flexibility index (Phi) is 6.51. The lowest BCUT2D eigenvalue weighted by atomic mass is 9.95. The van der Waals surface area contributed by atoms with E-state index in [0.29, 0.717) is 18.8 Å². The van der Waals surface area contributed by atoms with Gasteiger partial charge in [0.15, 0.2) is 15.7 Å². The van der Waals surface area contributed by atoms with E-state index in [-0.39, 0.29) is 17.5 Å². The fourth-order valence-electron chi connectivity index (χ4n) is 3.68. The van der Waals surface area contributed by atoms with Crippen LogP contribution in [0.1, 0.15) is 44.6 Å². The number of aromatic nitrogens is 2. The van der Waals surface area contributed by atoms with Crippen LogP contribution in [0.4, 0.5) is 5.82 Å². The molecule has 0 bridgehead atoms. The van der Waals surface area contributed by atoms with Gasteiger partial charge in [-0.15, -0.1) is 0 Å². The molecular formula is C20H27N3O4S. The van der Waals surface area contributed by atoms with Crippen LogP contribution in [0.15, 0.2) is 35.2 Å². The van der Waals surface area contributed by atoms with Crippen LogP contribution in [-0.2, 0) is 14.6 Å². The van der Waals surface area contributed by atoms with Gasteiger partial charge < -0.3 is 5.11 Å². The Hall–Kier alpha value is -2.19. The summed E-state index contributed by atoms with van der Waals surface area (Å²) in [5.74, 6) is 0.552. The molecule has 1 amide bonds. The number of nitrogens with zero attached hydrogens (tertiary/aromatic N) is 3. The maximum absolute atomic E-state index is 11.7. The fourth-order valence-corrected chi connectivity index (χ4v) is 4.31. The summed E-state index contributed by atoms with van der Waals surface area (Å²) < 4.78 is 25.5. The first-order valence-electron chi connectivity index (χ1n) is 9.67. The molecule has 7 nitrogen and oxygen atoms in total. The van der Waals surface area contributed by atoms with Gasteiger partial charge >= 0.3 is 0 Å². The molecule has 0 spiro atoms. The van der Waals surface area contributed by atoms with Crippen LogP contribution in [0.25, 0.3) is 11.3 Å². The Labute approximate surface area is 165 Å². The summed E-state index contributed by atoms with van der Waals surface area (Å²) in [5.41, 5.74) is 1.74. The Morgan fingerprint density at radius 1 is 1.21 bits per heavy atom. The Morgan fingerprint density at radius 3 is 2.46 bits per heavy atom. The van der Waals surface area contributed by atoms with E-state index in [0.717, 1.165) is 43.4 Å². The summed E-state index contributed by atoms with van der Waals surface area (Å²) >= 11 is 0. The number of aliphatic hydroxyl groups is 1. The normalized spacial score (nSPS) is 15.5. The average Bonchev–Trinajstić information content (AvgIpc) is 3.14. The van der Waals surface area contributed by atoms with Gasteiger partial charge in [-0.05, 0) is 37.0 Å². The third kappa shape index (κ3) is 4.62. The number of carbonyl (C=O) groups is 1. The lowest BCUT2D eigenvalue weighted by Gasteiger charge is -2.24. The first kappa shape index (κ1) is 20.5. The van der Waals surface area contributed by atoms with Gasteiger partial charge in [0.2, 0.25) is 6.41 Å². The minimum atomic E-state index is -3.26. The van der Waals surface area contributed by atoms with E-state index < -0.39 is 9.84 Å². The highest BCUT2D eigenvalue weighted by atomic mass is 32.2. The van der Waals surface area contributed by atoms with E-state index in [9.17, 15) is 13.2 Å². The fraction of sp³-hybridized carbons (Fsp3) is 0.500. The van der Waals surface area contributed by atoms with E-state index in [1.54, 1.807) is 24.3 Å². The van der Waals surface area contributed by atoms with Crippen molar-refractivity contribution >= 4 is 22.1 Å². The van der Waals surface area contributed by atoms with E-state index in [1.807, 2.05) is 10.7 Å². The van der Waals surface area contributed by atoms with Crippen molar-refractivity contribution in [2.75, 3.05) is 24.3 Å². The van der Waals surface area contributed by atoms with E-state index in [1.165, 1.54) is 17.6 Å². The standard InChI is InChI=1S/C20H27N3O4S/c1-28(26,27)18-10-8-16(9-11-18)19-14-20(22(15-25)12-5-13-24)21-23(19)17-6-3-2-4-7-17/h8-11,14-15,17,24H,2-7,12-13H2,1H3. The van der Waals surface area contributed by atoms with Crippen LogP contribution in [0.5, 0.6) is 0 Å². The molecule has 152 valence electrons. The molecule has 3 rings (SSSR count). The van der Waals surface area contributed by atoms with Gasteiger partial charge in [0.25, 0.3) is 0 Å². The zero-order valence-corrected chi connectivity index (χ0v) is 16.9. The van der Waals surface area contributed by atoms with Crippen molar-refractivity contribution in [2.24, 2.45) is 0 Å². The van der Waals surface area contributed by atoms with Crippen LogP contribution in [-0.4, -0.2) is 49.1 Å². The van der Waals surface area contributed by atoms with Crippen molar-refractivity contribution in [1.29, 1.82) is 0 Å². The minimum Gasteiger partial charge on any atom is -0.396 e. The summed E-state index contributed by atoms with van der Waals surface area (Å²) in [4.78, 5) is 13.3. The van der Waals surface area contributed by atoms with Gasteiger partial charge in [-0.25, -0.2) is 8.42 Å². The molecule has 1 fully saturated rings. The van der Waals surface area contributed by atoms with Crippen LogP contribution in [0, 0.1) is 0 Å². The Bertz CT molecular complexity index is 900. The molecule has 1 aliphatic rings. The highest BCUT2D eigenvalue weighted by Crippen LogP contribution is 2.34. The predicted molar refractivity (Wildman–Crippen MR) is 108 cm³/mol. The highest BCUT2D eigenvalue weighted by molar-refractivity contribution is 7.90. The summed E-state index contributed by atoms with van der Waals surface area (Å²) in [7, 11) is -3.26. The summed E-state index contributed by atoms with van der Waals surface area (Å²) in [6.45, 7) is 0.404. The molecular weight excluding hydrogens is 378 g/mol. The van der Waals surface area contributed by atoms with Crippen molar-refractivity contribution in [2.45, 2.75) is 49.5 Å². The number of benzene rings is 1. The van der Waals surface area contributed by atoms with Crippen molar-refractivity contribution < 1.29 is 18.3 Å². The summed E-state index contributed by atoms with van der Waals surface area (Å²) in [6, 6.07) is 8.91. The van der Waals surface area contributed by atoms with E-state index in [2.05, 4.69) is 0 Å². The largest absolute Gasteiger partial charge is 0.396 e. The van der Waals surface area contributed by atoms with Crippen molar-refractivity contribution in [3.05, 3.63) is 30.3 Å². The van der Waals surface area contributed by atoms with Gasteiger partial charge in [-0.3, -0.25) is 14.4 Å². The monoisotopic (exact) mass is 405 g/mol. The molecule has 0 unspecified atom stereocenters. The lowest BCUT2D eigenvalue weighted by Crippen LogP contribution is -2.24. The second-order valence-corrected chi connectivity index (χ2v) is 9.31. The number of rotatable bonds is 8. The first-order valence-corrected chi connectivity index (χ1v) is 11.6. The van der Waals surface area contributed by atoms with Crippen LogP contribution in [0.2, 0.25) is 0 Å². The molecule has 0 atom stereocenters. The third-order valence-electron chi connectivity index (χ3n) is 5.20. The predicted octanol–water partition coefficient (Wildman–Crippen LogP) is 2.80. The number of carbonyl (C=O) groups excluding carboxylic acids is 1. The van der Waals surface area contributed by atoms with Crippen molar-refractivity contribution in [3.63, 3.8) is 0 Å². The second kappa shape index (κ2) is 8.87. The van der Waals surface area contributed by atoms with Crippen molar-refractivity contribution in [1.82, 2.24) is 9.78 Å². The molecule has 28 heavy (non-hydrogen) atoms. The van der Waals surface area contributed by atoms with E-state index in [4.69, 9.17) is 10.2 Å². The van der Waals surface area contributed by atoms with Crippen molar-refractivity contribution in [3.8, 4) is 11.3 Å². The molecule has 1 heterocycles.